The third-order valence-corrected chi connectivity index (χ3v) is 9.22. The van der Waals surface area contributed by atoms with Gasteiger partial charge in [-0.3, -0.25) is 9.69 Å². The number of ether oxygens (including phenoxy) is 5. The molecule has 0 aromatic heterocycles. The third kappa shape index (κ3) is 6.25. The van der Waals surface area contributed by atoms with Crippen molar-refractivity contribution in [2.24, 2.45) is 5.92 Å². The Bertz CT molecular complexity index is 1750. The molecule has 3 aromatic rings. The molecular weight excluding hydrogens is 600 g/mol. The Kier molecular flexibility index (Phi) is 9.13. The summed E-state index contributed by atoms with van der Waals surface area (Å²) < 4.78 is 29.7. The minimum atomic E-state index is -0.249. The summed E-state index contributed by atoms with van der Waals surface area (Å²) in [5.74, 6) is 2.99. The predicted octanol–water partition coefficient (Wildman–Crippen LogP) is 5.61. The molecule has 0 spiro atoms. The topological polar surface area (TPSA) is 107 Å². The van der Waals surface area contributed by atoms with Gasteiger partial charge >= 0.3 is 0 Å². The van der Waals surface area contributed by atoms with Crippen molar-refractivity contribution in [1.29, 1.82) is 0 Å². The van der Waals surface area contributed by atoms with Crippen LogP contribution in [0.5, 0.6) is 34.5 Å². The molecule has 246 valence electrons. The summed E-state index contributed by atoms with van der Waals surface area (Å²) in [4.78, 5) is 28.4. The number of likely N-dealkylation sites (N-methyl/N-ethyl adjacent to an activating group) is 2. The fourth-order valence-electron chi connectivity index (χ4n) is 6.56. The molecule has 3 aliphatic rings. The number of methoxy groups -OCH3 is 3. The second kappa shape index (κ2) is 13.4. The van der Waals surface area contributed by atoms with Gasteiger partial charge in [0.25, 0.3) is 5.91 Å². The average Bonchev–Trinajstić information content (AvgIpc) is 3.08. The number of carbonyl (C=O) groups excluding carboxylic acids is 2. The Morgan fingerprint density at radius 3 is 2.36 bits per heavy atom. The van der Waals surface area contributed by atoms with Gasteiger partial charge in [0, 0.05) is 49.6 Å². The SMILES string of the molecule is COC1=C(Oc2ccc(CC3c4c(cc(O)c(OC)c4Oc4cc5c(cc4OC)CCN(C)C5=O)CCN3C)cc2)CC(C=O)C=C1. The molecule has 6 rings (SSSR count). The maximum absolute atomic E-state index is 13.0. The van der Waals surface area contributed by atoms with Crippen LogP contribution < -0.4 is 18.9 Å². The molecule has 0 saturated carbocycles. The van der Waals surface area contributed by atoms with E-state index in [1.165, 1.54) is 7.11 Å². The number of phenolic OH excluding ortho intramolecular Hbond substituents is 1. The van der Waals surface area contributed by atoms with E-state index in [1.54, 1.807) is 44.4 Å². The molecule has 1 N–H and O–H groups in total. The first-order chi connectivity index (χ1) is 22.7. The van der Waals surface area contributed by atoms with Crippen molar-refractivity contribution in [3.8, 4) is 34.5 Å². The van der Waals surface area contributed by atoms with Crippen molar-refractivity contribution in [1.82, 2.24) is 9.80 Å². The highest BCUT2D eigenvalue weighted by atomic mass is 16.5. The fourth-order valence-corrected chi connectivity index (χ4v) is 6.56. The van der Waals surface area contributed by atoms with Crippen molar-refractivity contribution >= 4 is 12.2 Å². The van der Waals surface area contributed by atoms with E-state index in [0.29, 0.717) is 65.9 Å². The van der Waals surface area contributed by atoms with Gasteiger partial charge < -0.3 is 38.5 Å². The van der Waals surface area contributed by atoms with Gasteiger partial charge in [-0.25, -0.2) is 0 Å². The van der Waals surface area contributed by atoms with E-state index in [4.69, 9.17) is 23.7 Å². The number of hydrogen-bond acceptors (Lipinski definition) is 9. The Hall–Kier alpha value is -4.96. The van der Waals surface area contributed by atoms with E-state index in [2.05, 4.69) is 11.9 Å². The number of benzene rings is 3. The van der Waals surface area contributed by atoms with Crippen LogP contribution in [-0.4, -0.2) is 75.6 Å². The number of hydrogen-bond donors (Lipinski definition) is 1. The zero-order valence-electron chi connectivity index (χ0n) is 27.4. The maximum Gasteiger partial charge on any atom is 0.254 e. The average molecular weight is 641 g/mol. The van der Waals surface area contributed by atoms with Gasteiger partial charge in [0.05, 0.1) is 21.3 Å². The first kappa shape index (κ1) is 32.0. The van der Waals surface area contributed by atoms with Crippen molar-refractivity contribution in [3.63, 3.8) is 0 Å². The molecule has 0 radical (unpaired) electrons. The molecule has 0 bridgehead atoms. The summed E-state index contributed by atoms with van der Waals surface area (Å²) in [7, 11) is 8.51. The highest BCUT2D eigenvalue weighted by molar-refractivity contribution is 5.97. The lowest BCUT2D eigenvalue weighted by Crippen LogP contribution is -2.34. The minimum absolute atomic E-state index is 0.0158. The number of aromatic hydroxyl groups is 1. The van der Waals surface area contributed by atoms with E-state index in [0.717, 1.165) is 41.5 Å². The number of rotatable bonds is 10. The van der Waals surface area contributed by atoms with Crippen LogP contribution in [-0.2, 0) is 28.8 Å². The number of fused-ring (bicyclic) bond motifs is 2. The lowest BCUT2D eigenvalue weighted by atomic mass is 9.87. The van der Waals surface area contributed by atoms with Gasteiger partial charge in [-0.1, -0.05) is 18.2 Å². The Labute approximate surface area is 274 Å². The van der Waals surface area contributed by atoms with E-state index >= 15 is 0 Å². The minimum Gasteiger partial charge on any atom is -0.504 e. The molecule has 1 amide bonds. The Balaban J connectivity index is 1.34. The third-order valence-electron chi connectivity index (χ3n) is 9.22. The predicted molar refractivity (Wildman–Crippen MR) is 176 cm³/mol. The Morgan fingerprint density at radius 2 is 1.66 bits per heavy atom. The lowest BCUT2D eigenvalue weighted by molar-refractivity contribution is -0.110. The molecule has 0 saturated heterocycles. The van der Waals surface area contributed by atoms with Crippen molar-refractivity contribution in [2.75, 3.05) is 48.5 Å². The standard InChI is InChI=1S/C37H40N2O8/c1-38-14-13-25-18-29(41)35(45-5)36(47-33-20-27-24(19-31(33)44-4)12-15-39(2)37(27)42)34(25)28(38)16-22-6-9-26(10-7-22)46-32-17-23(21-40)8-11-30(32)43-3/h6-11,18-21,23,28,41H,12-17H2,1-5H3. The van der Waals surface area contributed by atoms with E-state index < -0.39 is 0 Å². The summed E-state index contributed by atoms with van der Waals surface area (Å²) in [5, 5.41) is 11.0. The molecule has 47 heavy (non-hydrogen) atoms. The van der Waals surface area contributed by atoms with Gasteiger partial charge in [-0.2, -0.15) is 0 Å². The molecule has 2 unspecified atom stereocenters. The highest BCUT2D eigenvalue weighted by Gasteiger charge is 2.34. The summed E-state index contributed by atoms with van der Waals surface area (Å²) in [6.45, 7) is 1.42. The first-order valence-electron chi connectivity index (χ1n) is 15.7. The van der Waals surface area contributed by atoms with Gasteiger partial charge in [0.15, 0.2) is 28.8 Å². The number of amides is 1. The quantitative estimate of drug-likeness (QED) is 0.283. The lowest BCUT2D eigenvalue weighted by Gasteiger charge is -2.36. The van der Waals surface area contributed by atoms with Crippen molar-refractivity contribution in [2.45, 2.75) is 31.7 Å². The normalized spacial score (nSPS) is 19.2. The van der Waals surface area contributed by atoms with Crippen molar-refractivity contribution in [3.05, 3.63) is 94.0 Å². The van der Waals surface area contributed by atoms with E-state index in [1.807, 2.05) is 36.4 Å². The monoisotopic (exact) mass is 640 g/mol. The van der Waals surface area contributed by atoms with Crippen LogP contribution >= 0.6 is 0 Å². The van der Waals surface area contributed by atoms with E-state index in [-0.39, 0.29) is 29.4 Å². The van der Waals surface area contributed by atoms with Crippen LogP contribution in [0.3, 0.4) is 0 Å². The first-order valence-corrected chi connectivity index (χ1v) is 15.7. The van der Waals surface area contributed by atoms with Gasteiger partial charge in [-0.05, 0) is 79.4 Å². The second-order valence-corrected chi connectivity index (χ2v) is 12.1. The zero-order chi connectivity index (χ0) is 33.2. The van der Waals surface area contributed by atoms with Gasteiger partial charge in [0.1, 0.15) is 17.8 Å². The molecule has 0 fully saturated rings. The summed E-state index contributed by atoms with van der Waals surface area (Å²) in [6, 6.07) is 13.1. The highest BCUT2D eigenvalue weighted by Crippen LogP contribution is 2.50. The molecule has 3 aromatic carbocycles. The van der Waals surface area contributed by atoms with Crippen LogP contribution in [0.4, 0.5) is 0 Å². The van der Waals surface area contributed by atoms with Gasteiger partial charge in [0.2, 0.25) is 5.75 Å². The smallest absolute Gasteiger partial charge is 0.254 e. The second-order valence-electron chi connectivity index (χ2n) is 12.1. The number of carbonyl (C=O) groups is 2. The molecule has 10 heteroatoms. The number of aldehydes is 1. The van der Waals surface area contributed by atoms with E-state index in [9.17, 15) is 14.7 Å². The molecule has 10 nitrogen and oxygen atoms in total. The van der Waals surface area contributed by atoms with Crippen LogP contribution in [0, 0.1) is 5.92 Å². The fraction of sp³-hybridized carbons (Fsp3) is 0.351. The maximum atomic E-state index is 13.0. The number of allylic oxidation sites excluding steroid dienone is 3. The largest absolute Gasteiger partial charge is 0.504 e. The van der Waals surface area contributed by atoms with Crippen LogP contribution in [0.15, 0.2) is 66.1 Å². The molecule has 2 atom stereocenters. The van der Waals surface area contributed by atoms with Crippen molar-refractivity contribution < 1.29 is 38.4 Å². The Morgan fingerprint density at radius 1 is 0.894 bits per heavy atom. The number of nitrogens with zero attached hydrogens (tertiary/aromatic N) is 2. The zero-order valence-corrected chi connectivity index (χ0v) is 27.4. The van der Waals surface area contributed by atoms with Crippen LogP contribution in [0.1, 0.15) is 45.1 Å². The molecule has 2 heterocycles. The summed E-state index contributed by atoms with van der Waals surface area (Å²) >= 11 is 0. The van der Waals surface area contributed by atoms with Gasteiger partial charge in [-0.15, -0.1) is 0 Å². The molecular formula is C37H40N2O8. The molecule has 2 aliphatic heterocycles. The molecule has 1 aliphatic carbocycles. The van der Waals surface area contributed by atoms with Crippen LogP contribution in [0.25, 0.3) is 0 Å². The van der Waals surface area contributed by atoms with Crippen LogP contribution in [0.2, 0.25) is 0 Å². The summed E-state index contributed by atoms with van der Waals surface area (Å²) in [5.41, 5.74) is 4.41. The summed E-state index contributed by atoms with van der Waals surface area (Å²) in [6.07, 6.45) is 6.99. The number of phenols is 1.